The molecule has 0 heterocycles. The Morgan fingerprint density at radius 3 is 2.43 bits per heavy atom. The average Bonchev–Trinajstić information content (AvgIpc) is 2.01. The Morgan fingerprint density at radius 2 is 2.00 bits per heavy atom. The Balaban J connectivity index is 4.00. The number of hydrogen-bond donors (Lipinski definition) is 0. The number of carbonyl (C=O) groups is 2. The van der Waals surface area contributed by atoms with E-state index in [-0.39, 0.29) is 0 Å². The average molecular weight is 199 g/mol. The van der Waals surface area contributed by atoms with Gasteiger partial charge in [-0.2, -0.15) is 0 Å². The van der Waals surface area contributed by atoms with Crippen molar-refractivity contribution in [3.05, 3.63) is 12.2 Å². The molecule has 0 fully saturated rings. The Labute approximate surface area is 84.5 Å². The van der Waals surface area contributed by atoms with Crippen LogP contribution in [0.25, 0.3) is 0 Å². The van der Waals surface area contributed by atoms with Crippen molar-refractivity contribution in [1.29, 1.82) is 0 Å². The van der Waals surface area contributed by atoms with E-state index in [9.17, 15) is 9.59 Å². The zero-order chi connectivity index (χ0) is 11.2. The monoisotopic (exact) mass is 199 g/mol. The molecule has 0 aromatic heterocycles. The number of nitrogens with zero attached hydrogens (tertiary/aromatic N) is 1. The topological polar surface area (TPSA) is 46.6 Å². The van der Waals surface area contributed by atoms with E-state index in [0.29, 0.717) is 12.8 Å². The zero-order valence-corrected chi connectivity index (χ0v) is 9.11. The summed E-state index contributed by atoms with van der Waals surface area (Å²) < 4.78 is 5.09. The summed E-state index contributed by atoms with van der Waals surface area (Å²) in [6.45, 7) is 5.79. The fourth-order valence-corrected chi connectivity index (χ4v) is 0.689. The highest BCUT2D eigenvalue weighted by molar-refractivity contribution is 5.68. The van der Waals surface area contributed by atoms with E-state index < -0.39 is 11.7 Å². The quantitative estimate of drug-likeness (QED) is 0.512. The van der Waals surface area contributed by atoms with Gasteiger partial charge in [0.25, 0.3) is 0 Å². The second-order valence-corrected chi connectivity index (χ2v) is 3.93. The molecule has 0 aliphatic heterocycles. The summed E-state index contributed by atoms with van der Waals surface area (Å²) in [7, 11) is 1.61. The summed E-state index contributed by atoms with van der Waals surface area (Å²) in [5.41, 5.74) is -0.486. The van der Waals surface area contributed by atoms with Crippen LogP contribution in [0.5, 0.6) is 0 Å². The van der Waals surface area contributed by atoms with E-state index in [1.165, 1.54) is 11.0 Å². The number of ether oxygens (including phenoxy) is 1. The minimum atomic E-state index is -0.486. The summed E-state index contributed by atoms with van der Waals surface area (Å²) in [6.07, 6.45) is 3.22. The highest BCUT2D eigenvalue weighted by Crippen LogP contribution is 2.08. The van der Waals surface area contributed by atoms with Gasteiger partial charge < -0.3 is 9.64 Å². The molecule has 0 unspecified atom stereocenters. The van der Waals surface area contributed by atoms with Crippen LogP contribution in [0.4, 0.5) is 4.79 Å². The molecule has 0 rings (SSSR count). The van der Waals surface area contributed by atoms with Crippen molar-refractivity contribution in [2.75, 3.05) is 13.6 Å². The lowest BCUT2D eigenvalue weighted by Gasteiger charge is -2.23. The molecule has 80 valence electrons. The Kier molecular flexibility index (Phi) is 4.91. The molecule has 0 aliphatic carbocycles. The third kappa shape index (κ3) is 6.22. The Bertz CT molecular complexity index is 228. The number of allylic oxidation sites excluding steroid dienone is 1. The van der Waals surface area contributed by atoms with Crippen molar-refractivity contribution in [2.24, 2.45) is 0 Å². The van der Waals surface area contributed by atoms with Crippen molar-refractivity contribution in [3.63, 3.8) is 0 Å². The van der Waals surface area contributed by atoms with Gasteiger partial charge in [0.1, 0.15) is 11.9 Å². The third-order valence-corrected chi connectivity index (χ3v) is 1.30. The molecule has 4 heteroatoms. The van der Waals surface area contributed by atoms with Crippen LogP contribution in [0.15, 0.2) is 12.2 Å². The maximum Gasteiger partial charge on any atom is 0.410 e. The molecule has 1 amide bonds. The fraction of sp³-hybridized carbons (Fsp3) is 0.600. The van der Waals surface area contributed by atoms with Crippen LogP contribution in [-0.4, -0.2) is 36.5 Å². The number of carbonyl (C=O) groups excluding carboxylic acids is 2. The van der Waals surface area contributed by atoms with Gasteiger partial charge in [-0.1, -0.05) is 6.08 Å². The van der Waals surface area contributed by atoms with Crippen LogP contribution in [0.2, 0.25) is 0 Å². The number of hydrogen-bond acceptors (Lipinski definition) is 3. The van der Waals surface area contributed by atoms with Gasteiger partial charge in [-0.15, -0.1) is 0 Å². The summed E-state index contributed by atoms with van der Waals surface area (Å²) in [4.78, 5) is 22.7. The Morgan fingerprint density at radius 1 is 1.43 bits per heavy atom. The first-order valence-corrected chi connectivity index (χ1v) is 4.41. The third-order valence-electron chi connectivity index (χ3n) is 1.30. The van der Waals surface area contributed by atoms with Crippen molar-refractivity contribution in [1.82, 2.24) is 4.90 Å². The number of likely N-dealkylation sites (N-methyl/N-ethyl adjacent to an activating group) is 1. The van der Waals surface area contributed by atoms with E-state index in [2.05, 4.69) is 0 Å². The second kappa shape index (κ2) is 5.42. The van der Waals surface area contributed by atoms with Gasteiger partial charge in [-0.05, 0) is 26.8 Å². The molecule has 0 atom stereocenters. The molecule has 0 saturated carbocycles. The first kappa shape index (κ1) is 12.7. The highest BCUT2D eigenvalue weighted by Gasteiger charge is 2.18. The van der Waals surface area contributed by atoms with Gasteiger partial charge in [0, 0.05) is 13.6 Å². The molecule has 0 aromatic rings. The van der Waals surface area contributed by atoms with Gasteiger partial charge >= 0.3 is 6.09 Å². The van der Waals surface area contributed by atoms with Crippen LogP contribution >= 0.6 is 0 Å². The first-order valence-electron chi connectivity index (χ1n) is 4.41. The van der Waals surface area contributed by atoms with Crippen LogP contribution in [0.3, 0.4) is 0 Å². The molecular weight excluding hydrogens is 182 g/mol. The fourth-order valence-electron chi connectivity index (χ4n) is 0.689. The smallest absolute Gasteiger partial charge is 0.410 e. The number of amides is 1. The molecule has 0 saturated heterocycles. The van der Waals surface area contributed by atoms with E-state index in [0.717, 1.165) is 0 Å². The molecular formula is C10H17NO3. The molecule has 0 N–H and O–H groups in total. The number of rotatable bonds is 3. The maximum atomic E-state index is 11.3. The van der Waals surface area contributed by atoms with Gasteiger partial charge in [0.2, 0.25) is 0 Å². The predicted octanol–water partition coefficient (Wildman–Crippen LogP) is 1.61. The Hall–Kier alpha value is -1.32. The van der Waals surface area contributed by atoms with Crippen molar-refractivity contribution in [3.8, 4) is 0 Å². The van der Waals surface area contributed by atoms with E-state index >= 15 is 0 Å². The lowest BCUT2D eigenvalue weighted by atomic mass is 10.2. The molecule has 0 bridgehead atoms. The molecule has 4 nitrogen and oxygen atoms in total. The SMILES string of the molecule is CN(C/C=C/C=O)C(=O)OC(C)(C)C. The standard InChI is InChI=1S/C10H17NO3/c1-10(2,3)14-9(13)11(4)7-5-6-8-12/h5-6,8H,7H2,1-4H3/b6-5+. The van der Waals surface area contributed by atoms with E-state index in [1.54, 1.807) is 33.9 Å². The highest BCUT2D eigenvalue weighted by atomic mass is 16.6. The minimum absolute atomic E-state index is 0.369. The minimum Gasteiger partial charge on any atom is -0.444 e. The van der Waals surface area contributed by atoms with Crippen LogP contribution in [0.1, 0.15) is 20.8 Å². The van der Waals surface area contributed by atoms with Crippen molar-refractivity contribution in [2.45, 2.75) is 26.4 Å². The first-order chi connectivity index (χ1) is 6.37. The number of aldehydes is 1. The summed E-state index contributed by atoms with van der Waals surface area (Å²) in [6, 6.07) is 0. The van der Waals surface area contributed by atoms with Crippen LogP contribution in [0, 0.1) is 0 Å². The lowest BCUT2D eigenvalue weighted by molar-refractivity contribution is -0.104. The maximum absolute atomic E-state index is 11.3. The van der Waals surface area contributed by atoms with Crippen LogP contribution < -0.4 is 0 Å². The molecule has 0 aromatic carbocycles. The van der Waals surface area contributed by atoms with Gasteiger partial charge in [0.05, 0.1) is 0 Å². The normalized spacial score (nSPS) is 11.4. The second-order valence-electron chi connectivity index (χ2n) is 3.93. The summed E-state index contributed by atoms with van der Waals surface area (Å²) >= 11 is 0. The van der Waals surface area contributed by atoms with Gasteiger partial charge in [0.15, 0.2) is 0 Å². The lowest BCUT2D eigenvalue weighted by Crippen LogP contribution is -2.34. The van der Waals surface area contributed by atoms with Gasteiger partial charge in [-0.25, -0.2) is 4.79 Å². The summed E-state index contributed by atoms with van der Waals surface area (Å²) in [5, 5.41) is 0. The zero-order valence-electron chi connectivity index (χ0n) is 9.11. The molecule has 0 spiro atoms. The van der Waals surface area contributed by atoms with E-state index in [4.69, 9.17) is 4.74 Å². The summed E-state index contributed by atoms with van der Waals surface area (Å²) in [5.74, 6) is 0. The van der Waals surface area contributed by atoms with Gasteiger partial charge in [-0.3, -0.25) is 4.79 Å². The van der Waals surface area contributed by atoms with E-state index in [1.807, 2.05) is 0 Å². The van der Waals surface area contributed by atoms with Crippen LogP contribution in [-0.2, 0) is 9.53 Å². The largest absolute Gasteiger partial charge is 0.444 e. The molecule has 0 aliphatic rings. The van der Waals surface area contributed by atoms with Crippen molar-refractivity contribution >= 4 is 12.4 Å². The molecule has 14 heavy (non-hydrogen) atoms. The van der Waals surface area contributed by atoms with Crippen molar-refractivity contribution < 1.29 is 14.3 Å². The molecule has 0 radical (unpaired) electrons. The predicted molar refractivity (Wildman–Crippen MR) is 54.1 cm³/mol.